The van der Waals surface area contributed by atoms with Crippen molar-refractivity contribution in [1.29, 1.82) is 0 Å². The van der Waals surface area contributed by atoms with Crippen LogP contribution in [-0.4, -0.2) is 16.5 Å². The van der Waals surface area contributed by atoms with Gasteiger partial charge in [-0.2, -0.15) is 0 Å². The van der Waals surface area contributed by atoms with Gasteiger partial charge in [-0.1, -0.05) is 36.2 Å². The zero-order valence-corrected chi connectivity index (χ0v) is 12.6. The van der Waals surface area contributed by atoms with Crippen molar-refractivity contribution in [3.8, 4) is 0 Å². The average molecular weight is 311 g/mol. The number of halogens is 2. The van der Waals surface area contributed by atoms with E-state index in [-0.39, 0.29) is 6.04 Å². The lowest BCUT2D eigenvalue weighted by Crippen LogP contribution is -2.25. The average Bonchev–Trinajstić information content (AvgIpc) is 2.42. The molecule has 0 aromatic carbocycles. The van der Waals surface area contributed by atoms with E-state index < -0.39 is 0 Å². The van der Waals surface area contributed by atoms with Crippen LogP contribution < -0.4 is 11.1 Å². The molecule has 0 radical (unpaired) electrons. The molecule has 1 unspecified atom stereocenters. The van der Waals surface area contributed by atoms with Gasteiger partial charge in [0.05, 0.1) is 21.8 Å². The molecule has 3 N–H and O–H groups in total. The van der Waals surface area contributed by atoms with Crippen LogP contribution in [0, 0.1) is 0 Å². The maximum Gasteiger partial charge on any atom is 0.128 e. The summed E-state index contributed by atoms with van der Waals surface area (Å²) >= 11 is 12.2. The number of hydrogen-bond acceptors (Lipinski definition) is 4. The van der Waals surface area contributed by atoms with Gasteiger partial charge in [0.25, 0.3) is 0 Å². The third-order valence-corrected chi connectivity index (χ3v) is 3.40. The maximum absolute atomic E-state index is 6.26. The van der Waals surface area contributed by atoms with E-state index in [4.69, 9.17) is 28.9 Å². The first-order chi connectivity index (χ1) is 9.63. The predicted octanol–water partition coefficient (Wildman–Crippen LogP) is 3.45. The minimum Gasteiger partial charge on any atom is -0.383 e. The Kier molecular flexibility index (Phi) is 5.17. The molecule has 2 aromatic heterocycles. The largest absolute Gasteiger partial charge is 0.383 e. The van der Waals surface area contributed by atoms with Crippen LogP contribution in [0.25, 0.3) is 0 Å². The Morgan fingerprint density at radius 3 is 2.80 bits per heavy atom. The van der Waals surface area contributed by atoms with Gasteiger partial charge in [0.2, 0.25) is 0 Å². The highest BCUT2D eigenvalue weighted by molar-refractivity contribution is 6.34. The van der Waals surface area contributed by atoms with Crippen molar-refractivity contribution >= 4 is 29.0 Å². The molecule has 2 rings (SSSR count). The van der Waals surface area contributed by atoms with Crippen LogP contribution in [0.15, 0.2) is 30.6 Å². The summed E-state index contributed by atoms with van der Waals surface area (Å²) in [6.07, 6.45) is 4.23. The summed E-state index contributed by atoms with van der Waals surface area (Å²) in [6.45, 7) is 2.91. The van der Waals surface area contributed by atoms with Gasteiger partial charge in [-0.15, -0.1) is 0 Å². The Labute approximate surface area is 128 Å². The van der Waals surface area contributed by atoms with E-state index in [0.717, 1.165) is 18.5 Å². The fourth-order valence-corrected chi connectivity index (χ4v) is 2.44. The normalized spacial score (nSPS) is 12.3. The van der Waals surface area contributed by atoms with Gasteiger partial charge in [0.1, 0.15) is 5.82 Å². The Morgan fingerprint density at radius 1 is 1.35 bits per heavy atom. The zero-order valence-electron chi connectivity index (χ0n) is 11.1. The van der Waals surface area contributed by atoms with Crippen molar-refractivity contribution in [3.63, 3.8) is 0 Å². The van der Waals surface area contributed by atoms with Crippen molar-refractivity contribution in [2.75, 3.05) is 12.3 Å². The molecule has 4 nitrogen and oxygen atoms in total. The minimum absolute atomic E-state index is 0.201. The van der Waals surface area contributed by atoms with Crippen molar-refractivity contribution in [2.24, 2.45) is 0 Å². The van der Waals surface area contributed by atoms with Gasteiger partial charge in [-0.3, -0.25) is 4.98 Å². The highest BCUT2D eigenvalue weighted by atomic mass is 35.5. The first-order valence-electron chi connectivity index (χ1n) is 6.38. The lowest BCUT2D eigenvalue weighted by Gasteiger charge is -2.20. The molecule has 0 bridgehead atoms. The van der Waals surface area contributed by atoms with Gasteiger partial charge in [0.15, 0.2) is 0 Å². The number of pyridine rings is 2. The van der Waals surface area contributed by atoms with Crippen LogP contribution in [-0.2, 0) is 0 Å². The van der Waals surface area contributed by atoms with Gasteiger partial charge < -0.3 is 11.1 Å². The van der Waals surface area contributed by atoms with Crippen LogP contribution in [0.1, 0.15) is 30.6 Å². The van der Waals surface area contributed by atoms with Crippen LogP contribution in [0.3, 0.4) is 0 Å². The second-order valence-electron chi connectivity index (χ2n) is 4.39. The first kappa shape index (κ1) is 15.0. The second kappa shape index (κ2) is 6.88. The number of nitrogens with zero attached hydrogens (tertiary/aromatic N) is 2. The van der Waals surface area contributed by atoms with E-state index in [2.05, 4.69) is 22.2 Å². The van der Waals surface area contributed by atoms with Gasteiger partial charge >= 0.3 is 0 Å². The molecule has 1 atom stereocenters. The third-order valence-electron chi connectivity index (χ3n) is 2.89. The smallest absolute Gasteiger partial charge is 0.128 e. The molecule has 2 aromatic rings. The summed E-state index contributed by atoms with van der Waals surface area (Å²) in [5.74, 6) is 0.467. The molecule has 0 saturated carbocycles. The zero-order chi connectivity index (χ0) is 14.5. The van der Waals surface area contributed by atoms with Gasteiger partial charge in [-0.25, -0.2) is 4.98 Å². The van der Waals surface area contributed by atoms with Crippen LogP contribution in [0.5, 0.6) is 0 Å². The summed E-state index contributed by atoms with van der Waals surface area (Å²) in [5.41, 5.74) is 7.52. The molecule has 0 amide bonds. The number of rotatable bonds is 5. The topological polar surface area (TPSA) is 63.8 Å². The van der Waals surface area contributed by atoms with E-state index in [1.54, 1.807) is 18.5 Å². The molecule has 0 aliphatic rings. The van der Waals surface area contributed by atoms with E-state index in [9.17, 15) is 0 Å². The Hall–Kier alpha value is -1.36. The fraction of sp³-hybridized carbons (Fsp3) is 0.286. The standard InChI is InChI=1S/C14H16Cl2N4/c1-2-5-18-12(10-4-3-6-19-14(10)17)13-11(16)7-9(15)8-20-13/h3-4,6-8,12,18H,2,5H2,1H3,(H2,17,19). The van der Waals surface area contributed by atoms with Crippen LogP contribution in [0.4, 0.5) is 5.82 Å². The molecule has 2 heterocycles. The minimum atomic E-state index is -0.201. The first-order valence-corrected chi connectivity index (χ1v) is 7.13. The third kappa shape index (κ3) is 3.39. The molecular weight excluding hydrogens is 295 g/mol. The summed E-state index contributed by atoms with van der Waals surface area (Å²) in [5, 5.41) is 4.41. The summed E-state index contributed by atoms with van der Waals surface area (Å²) < 4.78 is 0. The lowest BCUT2D eigenvalue weighted by molar-refractivity contribution is 0.587. The fourth-order valence-electron chi connectivity index (χ4n) is 1.95. The number of anilines is 1. The number of nitrogens with two attached hydrogens (primary N) is 1. The Bertz CT molecular complexity index is 589. The summed E-state index contributed by atoms with van der Waals surface area (Å²) in [4.78, 5) is 8.46. The number of aromatic nitrogens is 2. The predicted molar refractivity (Wildman–Crippen MR) is 83.0 cm³/mol. The van der Waals surface area contributed by atoms with Crippen molar-refractivity contribution in [2.45, 2.75) is 19.4 Å². The molecule has 0 spiro atoms. The van der Waals surface area contributed by atoms with E-state index >= 15 is 0 Å². The highest BCUT2D eigenvalue weighted by Crippen LogP contribution is 2.30. The quantitative estimate of drug-likeness (QED) is 0.887. The molecule has 0 fully saturated rings. The molecular formula is C14H16Cl2N4. The highest BCUT2D eigenvalue weighted by Gasteiger charge is 2.20. The number of nitrogens with one attached hydrogen (secondary N) is 1. The van der Waals surface area contributed by atoms with E-state index in [1.807, 2.05) is 12.1 Å². The summed E-state index contributed by atoms with van der Waals surface area (Å²) in [6, 6.07) is 5.24. The number of nitrogen functional groups attached to an aromatic ring is 1. The van der Waals surface area contributed by atoms with Gasteiger partial charge in [-0.05, 0) is 25.1 Å². The lowest BCUT2D eigenvalue weighted by atomic mass is 10.0. The summed E-state index contributed by atoms with van der Waals surface area (Å²) in [7, 11) is 0. The van der Waals surface area contributed by atoms with Crippen molar-refractivity contribution in [3.05, 3.63) is 51.9 Å². The SMILES string of the molecule is CCCNC(c1cccnc1N)c1ncc(Cl)cc1Cl. The van der Waals surface area contributed by atoms with E-state index in [0.29, 0.717) is 21.6 Å². The molecule has 0 saturated heterocycles. The number of hydrogen-bond donors (Lipinski definition) is 2. The maximum atomic E-state index is 6.26. The Balaban J connectivity index is 2.44. The molecule has 106 valence electrons. The molecule has 6 heteroatoms. The van der Waals surface area contributed by atoms with Crippen LogP contribution >= 0.6 is 23.2 Å². The molecule has 0 aliphatic carbocycles. The van der Waals surface area contributed by atoms with Gasteiger partial charge in [0, 0.05) is 18.0 Å². The van der Waals surface area contributed by atoms with E-state index in [1.165, 1.54) is 0 Å². The monoisotopic (exact) mass is 310 g/mol. The Morgan fingerprint density at radius 2 is 2.15 bits per heavy atom. The molecule has 20 heavy (non-hydrogen) atoms. The second-order valence-corrected chi connectivity index (χ2v) is 5.23. The molecule has 0 aliphatic heterocycles. The van der Waals surface area contributed by atoms with Crippen molar-refractivity contribution < 1.29 is 0 Å². The van der Waals surface area contributed by atoms with Crippen LogP contribution in [0.2, 0.25) is 10.0 Å². The van der Waals surface area contributed by atoms with Crippen molar-refractivity contribution in [1.82, 2.24) is 15.3 Å².